The van der Waals surface area contributed by atoms with Gasteiger partial charge in [-0.15, -0.1) is 23.2 Å². The number of Topliss-reactive ketones (excluding diaryl/α,β-unsaturated/α-hetero) is 1. The Balaban J connectivity index is 1.55. The van der Waals surface area contributed by atoms with Crippen LogP contribution in [0.1, 0.15) is 90.2 Å². The van der Waals surface area contributed by atoms with Crippen molar-refractivity contribution in [2.75, 3.05) is 13.2 Å². The lowest BCUT2D eigenvalue weighted by molar-refractivity contribution is -0.346. The standard InChI is InChI=1S/C46H55Cl2NO16/c1-23-27(61-39(55)33(52)32(25-15-11-9-12-16-25)49-40(56)65-42(3,4)5)20-46(58)37(63-38(54)26-17-13-10-14-18-26)35-44(8,28(51)19-29-45(35,22-60-29)64-24(2)50)36(53)34(31(23)43(46,6)7)62-41(57)59-21-30(47)48/h9-18,27-30,32-35,37,51-52,58H,19-22H2,1-8H3,(H,49,56)/t27-,28-,29+,32-,33+,34+,35-,37-,44+,45-,46+/m0/s1. The van der Waals surface area contributed by atoms with Crippen molar-refractivity contribution in [3.05, 3.63) is 82.9 Å². The highest BCUT2D eigenvalue weighted by atomic mass is 35.5. The van der Waals surface area contributed by atoms with E-state index in [1.807, 2.05) is 0 Å². The Hall–Kier alpha value is -4.78. The molecule has 17 nitrogen and oxygen atoms in total. The fraction of sp³-hybridized carbons (Fsp3) is 0.565. The van der Waals surface area contributed by atoms with Crippen molar-refractivity contribution in [2.24, 2.45) is 16.7 Å². The predicted octanol–water partition coefficient (Wildman–Crippen LogP) is 5.22. The molecule has 19 heteroatoms. The average molecular weight is 949 g/mol. The van der Waals surface area contributed by atoms with Crippen LogP contribution >= 0.6 is 23.2 Å². The van der Waals surface area contributed by atoms with E-state index in [4.69, 9.17) is 56.4 Å². The highest BCUT2D eigenvalue weighted by Gasteiger charge is 2.78. The van der Waals surface area contributed by atoms with Gasteiger partial charge in [-0.1, -0.05) is 62.4 Å². The van der Waals surface area contributed by atoms with Crippen LogP contribution in [0.3, 0.4) is 0 Å². The van der Waals surface area contributed by atoms with Crippen molar-refractivity contribution < 1.29 is 77.2 Å². The second-order valence-corrected chi connectivity index (χ2v) is 19.9. The van der Waals surface area contributed by atoms with Gasteiger partial charge in [0.2, 0.25) is 0 Å². The van der Waals surface area contributed by atoms with Crippen LogP contribution in [0.15, 0.2) is 71.8 Å². The van der Waals surface area contributed by atoms with Gasteiger partial charge in [0, 0.05) is 25.2 Å². The molecule has 65 heavy (non-hydrogen) atoms. The van der Waals surface area contributed by atoms with Gasteiger partial charge < -0.3 is 53.8 Å². The van der Waals surface area contributed by atoms with Gasteiger partial charge in [-0.25, -0.2) is 19.2 Å². The summed E-state index contributed by atoms with van der Waals surface area (Å²) < 4.78 is 40.8. The minimum absolute atomic E-state index is 0.0300. The summed E-state index contributed by atoms with van der Waals surface area (Å²) in [6.45, 7) is 10.9. The average Bonchev–Trinajstić information content (AvgIpc) is 3.22. The van der Waals surface area contributed by atoms with E-state index in [9.17, 15) is 39.3 Å². The minimum Gasteiger partial charge on any atom is -0.456 e. The molecule has 1 heterocycles. The molecule has 2 saturated carbocycles. The molecule has 11 atom stereocenters. The number of ketones is 1. The lowest BCUT2D eigenvalue weighted by atomic mass is 9.44. The zero-order chi connectivity index (χ0) is 48.0. The molecular formula is C46H55Cl2NO16. The maximum Gasteiger partial charge on any atom is 0.509 e. The lowest BCUT2D eigenvalue weighted by Crippen LogP contribution is -2.82. The molecule has 1 amide bonds. The van der Waals surface area contributed by atoms with E-state index in [0.717, 1.165) is 6.92 Å². The van der Waals surface area contributed by atoms with E-state index < -0.39 is 130 Å². The Morgan fingerprint density at radius 3 is 2.12 bits per heavy atom. The second kappa shape index (κ2) is 18.5. The summed E-state index contributed by atoms with van der Waals surface area (Å²) in [6.07, 6.45) is -13.7. The minimum atomic E-state index is -2.49. The van der Waals surface area contributed by atoms with E-state index in [1.54, 1.807) is 69.3 Å². The zero-order valence-electron chi connectivity index (χ0n) is 37.2. The summed E-state index contributed by atoms with van der Waals surface area (Å²) >= 11 is 11.7. The van der Waals surface area contributed by atoms with Crippen LogP contribution in [-0.4, -0.2) is 123 Å². The van der Waals surface area contributed by atoms with Gasteiger partial charge in [0.05, 0.1) is 35.6 Å². The number of fused-ring (bicyclic) bond motifs is 5. The number of alkyl halides is 2. The van der Waals surface area contributed by atoms with Crippen molar-refractivity contribution in [3.8, 4) is 0 Å². The van der Waals surface area contributed by atoms with E-state index in [2.05, 4.69) is 5.32 Å². The van der Waals surface area contributed by atoms with Gasteiger partial charge in [-0.2, -0.15) is 0 Å². The van der Waals surface area contributed by atoms with E-state index >= 15 is 4.79 Å². The molecular weight excluding hydrogens is 893 g/mol. The summed E-state index contributed by atoms with van der Waals surface area (Å²) in [6, 6.07) is 14.3. The highest BCUT2D eigenvalue weighted by molar-refractivity contribution is 6.44. The number of alkyl carbamates (subject to hydrolysis) is 1. The van der Waals surface area contributed by atoms with Crippen molar-refractivity contribution in [1.29, 1.82) is 0 Å². The van der Waals surface area contributed by atoms with Crippen LogP contribution in [0.5, 0.6) is 0 Å². The van der Waals surface area contributed by atoms with Gasteiger partial charge in [-0.3, -0.25) is 9.59 Å². The molecule has 3 aliphatic carbocycles. The number of aliphatic hydroxyl groups is 3. The topological polar surface area (TPSA) is 240 Å². The predicted molar refractivity (Wildman–Crippen MR) is 229 cm³/mol. The number of ether oxygens (including phenoxy) is 7. The van der Waals surface area contributed by atoms with Crippen molar-refractivity contribution >= 4 is 59.1 Å². The maximum atomic E-state index is 15.7. The number of carbonyl (C=O) groups excluding carboxylic acids is 6. The van der Waals surface area contributed by atoms with Crippen LogP contribution in [0, 0.1) is 16.7 Å². The third-order valence-corrected chi connectivity index (χ3v) is 13.3. The molecule has 1 saturated heterocycles. The number of nitrogens with one attached hydrogen (secondary N) is 1. The second-order valence-electron chi connectivity index (χ2n) is 18.6. The highest BCUT2D eigenvalue weighted by Crippen LogP contribution is 2.64. The molecule has 0 radical (unpaired) electrons. The summed E-state index contributed by atoms with van der Waals surface area (Å²) in [5, 5.41) is 40.2. The first kappa shape index (κ1) is 49.6. The Morgan fingerprint density at radius 1 is 0.954 bits per heavy atom. The molecule has 1 aliphatic heterocycles. The first-order valence-corrected chi connectivity index (χ1v) is 21.9. The molecule has 354 valence electrons. The smallest absolute Gasteiger partial charge is 0.456 e. The Bertz CT molecular complexity index is 2200. The molecule has 4 aliphatic rings. The summed E-state index contributed by atoms with van der Waals surface area (Å²) in [4.78, 5) is 82.8. The number of hydrogen-bond acceptors (Lipinski definition) is 16. The van der Waals surface area contributed by atoms with Gasteiger partial charge in [0.25, 0.3) is 0 Å². The van der Waals surface area contributed by atoms with Crippen molar-refractivity contribution in [3.63, 3.8) is 0 Å². The third kappa shape index (κ3) is 9.32. The monoisotopic (exact) mass is 947 g/mol. The molecule has 6 rings (SSSR count). The van der Waals surface area contributed by atoms with Crippen LogP contribution in [0.2, 0.25) is 0 Å². The fourth-order valence-electron chi connectivity index (χ4n) is 9.90. The largest absolute Gasteiger partial charge is 0.509 e. The van der Waals surface area contributed by atoms with Crippen LogP contribution in [0.4, 0.5) is 9.59 Å². The van der Waals surface area contributed by atoms with Gasteiger partial charge in [0.1, 0.15) is 41.0 Å². The van der Waals surface area contributed by atoms with Crippen LogP contribution < -0.4 is 5.32 Å². The number of rotatable bonds is 11. The number of aliphatic hydroxyl groups excluding tert-OH is 2. The lowest BCUT2D eigenvalue weighted by Gasteiger charge is -2.67. The molecule has 0 spiro atoms. The number of halogens is 2. The Morgan fingerprint density at radius 2 is 1.57 bits per heavy atom. The summed E-state index contributed by atoms with van der Waals surface area (Å²) in [5.41, 5.74) is -9.01. The first-order chi connectivity index (χ1) is 30.3. The van der Waals surface area contributed by atoms with E-state index in [0.29, 0.717) is 0 Å². The molecule has 0 aromatic heterocycles. The van der Waals surface area contributed by atoms with Crippen molar-refractivity contribution in [1.82, 2.24) is 5.32 Å². The Kier molecular flexibility index (Phi) is 14.1. The number of hydrogen-bond donors (Lipinski definition) is 4. The molecule has 2 bridgehead atoms. The number of carbonyl (C=O) groups is 6. The zero-order valence-corrected chi connectivity index (χ0v) is 38.7. The van der Waals surface area contributed by atoms with Gasteiger partial charge in [-0.05, 0) is 63.5 Å². The van der Waals surface area contributed by atoms with E-state index in [1.165, 1.54) is 39.8 Å². The maximum absolute atomic E-state index is 15.7. The normalized spacial score (nSPS) is 31.3. The van der Waals surface area contributed by atoms with Gasteiger partial charge in [0.15, 0.2) is 23.6 Å². The molecule has 0 unspecified atom stereocenters. The van der Waals surface area contributed by atoms with Crippen molar-refractivity contribution in [2.45, 2.75) is 133 Å². The Labute approximate surface area is 385 Å². The quantitative estimate of drug-likeness (QED) is 0.0977. The van der Waals surface area contributed by atoms with E-state index in [-0.39, 0.29) is 35.3 Å². The van der Waals surface area contributed by atoms with Crippen LogP contribution in [0.25, 0.3) is 0 Å². The van der Waals surface area contributed by atoms with Crippen LogP contribution in [-0.2, 0) is 47.5 Å². The number of esters is 3. The summed E-state index contributed by atoms with van der Waals surface area (Å²) in [5.74, 6) is -5.75. The van der Waals surface area contributed by atoms with Gasteiger partial charge >= 0.3 is 30.2 Å². The molecule has 2 aromatic carbocycles. The molecule has 2 aromatic rings. The molecule has 4 N–H and O–H groups in total. The fourth-order valence-corrected chi connectivity index (χ4v) is 10.0. The molecule has 3 fully saturated rings. The first-order valence-electron chi connectivity index (χ1n) is 21.1. The number of benzene rings is 2. The SMILES string of the molecule is CC(=O)O[C@@]12CO[C@@H]1C[C@H](O)[C@@]1(C)C(=O)[C@H](OC(=O)OCC(Cl)Cl)C3=C(C)[C@@H](OC(=O)[C@H](O)[C@@H](NC(=O)OC(C)(C)C)c4ccccc4)C[C@@](O)([C@@H](OC(=O)c4ccccc4)[C@H]21)C3(C)C. The third-order valence-electron chi connectivity index (χ3n) is 13.1. The number of amides is 1. The summed E-state index contributed by atoms with van der Waals surface area (Å²) in [7, 11) is 0.